The van der Waals surface area contributed by atoms with E-state index in [-0.39, 0.29) is 22.0 Å². The van der Waals surface area contributed by atoms with Gasteiger partial charge in [0.1, 0.15) is 6.61 Å². The Morgan fingerprint density at radius 3 is 2.75 bits per heavy atom. The fourth-order valence-electron chi connectivity index (χ4n) is 1.17. The molecular weight excluding hydrogens is 242 g/mol. The van der Waals surface area contributed by atoms with Crippen LogP contribution in [-0.4, -0.2) is 37.7 Å². The molecule has 0 aliphatic carbocycles. The average molecular weight is 265 g/mol. The van der Waals surface area contributed by atoms with Crippen molar-refractivity contribution in [2.75, 3.05) is 31.8 Å². The fourth-order valence-corrected chi connectivity index (χ4v) is 2.08. The number of ether oxygens (including phenoxy) is 1. The molecule has 0 aromatic heterocycles. The number of amides is 1. The summed E-state index contributed by atoms with van der Waals surface area (Å²) in [5.41, 5.74) is 0. The first-order valence-corrected chi connectivity index (χ1v) is 8.54. The number of carbonyl (C=O) groups is 1. The summed E-state index contributed by atoms with van der Waals surface area (Å²) in [4.78, 5) is 11.3. The van der Waals surface area contributed by atoms with Crippen molar-refractivity contribution < 1.29 is 9.53 Å². The summed E-state index contributed by atoms with van der Waals surface area (Å²) in [6, 6.07) is 0. The van der Waals surface area contributed by atoms with Crippen LogP contribution >= 0.6 is 0 Å². The second kappa shape index (κ2) is 11.5. The van der Waals surface area contributed by atoms with Crippen molar-refractivity contribution in [1.29, 1.82) is 0 Å². The number of carbonyl (C=O) groups excluding carboxylic acids is 1. The van der Waals surface area contributed by atoms with Crippen molar-refractivity contribution in [3.8, 4) is 0 Å². The minimum atomic E-state index is -0.0168. The largest absolute Gasteiger partial charge is 0.372 e. The van der Waals surface area contributed by atoms with Crippen LogP contribution in [0.15, 0.2) is 0 Å². The summed E-state index contributed by atoms with van der Waals surface area (Å²) < 4.78 is 5.24. The zero-order valence-electron chi connectivity index (χ0n) is 10.3. The Labute approximate surface area is 106 Å². The Balaban J connectivity index is 3.21. The maximum absolute atomic E-state index is 11.3. The number of nitrogens with one attached hydrogen (secondary N) is 1. The van der Waals surface area contributed by atoms with Gasteiger partial charge in [-0.15, -0.1) is 9.45 Å². The molecular formula is C11H23NO2S2. The third-order valence-corrected chi connectivity index (χ3v) is 3.42. The molecule has 0 aromatic carbocycles. The van der Waals surface area contributed by atoms with Crippen molar-refractivity contribution in [2.24, 2.45) is 0 Å². The lowest BCUT2D eigenvalue weighted by Crippen LogP contribution is -2.29. The van der Waals surface area contributed by atoms with Crippen LogP contribution in [0.3, 0.4) is 0 Å². The second-order valence-electron chi connectivity index (χ2n) is 3.74. The van der Waals surface area contributed by atoms with E-state index in [1.54, 1.807) is 0 Å². The maximum atomic E-state index is 11.3. The summed E-state index contributed by atoms with van der Waals surface area (Å²) >= 11 is 5.06. The van der Waals surface area contributed by atoms with Gasteiger partial charge in [0.25, 0.3) is 0 Å². The van der Waals surface area contributed by atoms with Gasteiger partial charge >= 0.3 is 0 Å². The van der Waals surface area contributed by atoms with Crippen molar-refractivity contribution in [2.45, 2.75) is 32.6 Å². The summed E-state index contributed by atoms with van der Waals surface area (Å²) in [5, 5.41) is 2.82. The number of hydrogen-bond donors (Lipinski definition) is 1. The van der Waals surface area contributed by atoms with Gasteiger partial charge in [-0.2, -0.15) is 0 Å². The second-order valence-corrected chi connectivity index (χ2v) is 7.00. The van der Waals surface area contributed by atoms with Crippen molar-refractivity contribution in [3.63, 3.8) is 0 Å². The van der Waals surface area contributed by atoms with E-state index < -0.39 is 0 Å². The molecule has 3 nitrogen and oxygen atoms in total. The first-order valence-electron chi connectivity index (χ1n) is 5.81. The third kappa shape index (κ3) is 12.1. The summed E-state index contributed by atoms with van der Waals surface area (Å²) in [6.07, 6.45) is 6.38. The smallest absolute Gasteiger partial charge is 0.245 e. The quantitative estimate of drug-likeness (QED) is 0.607. The standard InChI is InChI=1S/C11H23NO2S2/c1-3-4-5-8-14-10-11(13)12-7-6-9-16(2)15/h3-10H2,1-2H3,(H,12,13). The molecule has 1 N–H and O–H groups in total. The molecule has 1 unspecified atom stereocenters. The van der Waals surface area contributed by atoms with E-state index in [0.717, 1.165) is 18.6 Å². The van der Waals surface area contributed by atoms with Crippen LogP contribution in [0.25, 0.3) is 0 Å². The van der Waals surface area contributed by atoms with E-state index in [9.17, 15) is 4.79 Å². The molecule has 0 aliphatic rings. The highest BCUT2D eigenvalue weighted by Crippen LogP contribution is 1.93. The molecule has 0 aromatic rings. The predicted octanol–water partition coefficient (Wildman–Crippen LogP) is 1.41. The Bertz CT molecular complexity index is 210. The lowest BCUT2D eigenvalue weighted by atomic mass is 10.3. The number of unbranched alkanes of at least 4 members (excludes halogenated alkanes) is 2. The lowest BCUT2D eigenvalue weighted by Gasteiger charge is -2.05. The molecule has 0 rings (SSSR count). The van der Waals surface area contributed by atoms with Crippen molar-refractivity contribution in [3.05, 3.63) is 0 Å². The predicted molar refractivity (Wildman–Crippen MR) is 73.5 cm³/mol. The summed E-state index contributed by atoms with van der Waals surface area (Å²) in [7, 11) is 0.0613. The number of rotatable bonds is 10. The third-order valence-electron chi connectivity index (χ3n) is 2.06. The monoisotopic (exact) mass is 265 g/mol. The molecule has 0 aliphatic heterocycles. The molecule has 0 bridgehead atoms. The highest BCUT2D eigenvalue weighted by Gasteiger charge is 1.99. The molecule has 0 saturated carbocycles. The van der Waals surface area contributed by atoms with Crippen LogP contribution < -0.4 is 5.32 Å². The first-order chi connectivity index (χ1) is 7.66. The highest BCUT2D eigenvalue weighted by molar-refractivity contribution is 8.28. The Kier molecular flexibility index (Phi) is 11.5. The van der Waals surface area contributed by atoms with Gasteiger partial charge in [-0.1, -0.05) is 31.0 Å². The Morgan fingerprint density at radius 2 is 2.12 bits per heavy atom. The van der Waals surface area contributed by atoms with Gasteiger partial charge in [0.15, 0.2) is 0 Å². The molecule has 0 spiro atoms. The molecule has 96 valence electrons. The average Bonchev–Trinajstić information content (AvgIpc) is 2.24. The van der Waals surface area contributed by atoms with Gasteiger partial charge in [0.2, 0.25) is 5.91 Å². The minimum Gasteiger partial charge on any atom is -0.372 e. The molecule has 0 heterocycles. The normalized spacial score (nSPS) is 12.4. The highest BCUT2D eigenvalue weighted by atomic mass is 32.8. The molecule has 0 radical (unpaired) electrons. The van der Waals surface area contributed by atoms with E-state index in [4.69, 9.17) is 15.9 Å². The summed E-state index contributed by atoms with van der Waals surface area (Å²) in [6.45, 7) is 3.74. The fraction of sp³-hybridized carbons (Fsp3) is 0.909. The SMILES string of the molecule is CCCCCOCC(=O)NCCCS(C)=S. The van der Waals surface area contributed by atoms with Gasteiger partial charge in [0.05, 0.1) is 0 Å². The van der Waals surface area contributed by atoms with Crippen LogP contribution in [-0.2, 0) is 30.2 Å². The number of hydrogen-bond acceptors (Lipinski definition) is 3. The zero-order valence-corrected chi connectivity index (χ0v) is 11.9. The van der Waals surface area contributed by atoms with Crippen LogP contribution in [0, 0.1) is 0 Å². The summed E-state index contributed by atoms with van der Waals surface area (Å²) in [5.74, 6) is 0.990. The molecule has 0 saturated heterocycles. The van der Waals surface area contributed by atoms with E-state index in [2.05, 4.69) is 12.2 Å². The van der Waals surface area contributed by atoms with Gasteiger partial charge in [0, 0.05) is 13.2 Å². The van der Waals surface area contributed by atoms with Crippen molar-refractivity contribution >= 4 is 26.5 Å². The lowest BCUT2D eigenvalue weighted by molar-refractivity contribution is -0.125. The first kappa shape index (κ1) is 16.0. The van der Waals surface area contributed by atoms with Gasteiger partial charge < -0.3 is 10.1 Å². The van der Waals surface area contributed by atoms with Crippen molar-refractivity contribution in [1.82, 2.24) is 5.32 Å². The topological polar surface area (TPSA) is 38.3 Å². The van der Waals surface area contributed by atoms with Gasteiger partial charge in [-0.3, -0.25) is 4.79 Å². The molecule has 0 fully saturated rings. The van der Waals surface area contributed by atoms with E-state index in [1.807, 2.05) is 6.26 Å². The minimum absolute atomic E-state index is 0.0168. The van der Waals surface area contributed by atoms with E-state index >= 15 is 0 Å². The molecule has 1 atom stereocenters. The Hall–Kier alpha value is -0.0000000000000000833. The van der Waals surface area contributed by atoms with Crippen LogP contribution in [0.2, 0.25) is 0 Å². The van der Waals surface area contributed by atoms with Crippen LogP contribution in [0.4, 0.5) is 0 Å². The molecule has 16 heavy (non-hydrogen) atoms. The van der Waals surface area contributed by atoms with E-state index in [0.29, 0.717) is 13.2 Å². The van der Waals surface area contributed by atoms with Crippen LogP contribution in [0.1, 0.15) is 32.6 Å². The van der Waals surface area contributed by atoms with Crippen LogP contribution in [0.5, 0.6) is 0 Å². The van der Waals surface area contributed by atoms with E-state index in [1.165, 1.54) is 12.8 Å². The van der Waals surface area contributed by atoms with Gasteiger partial charge in [-0.25, -0.2) is 0 Å². The zero-order chi connectivity index (χ0) is 12.2. The van der Waals surface area contributed by atoms with Gasteiger partial charge in [-0.05, 0) is 24.9 Å². The molecule has 1 amide bonds. The maximum Gasteiger partial charge on any atom is 0.245 e. The Morgan fingerprint density at radius 1 is 1.38 bits per heavy atom. The molecule has 5 heteroatoms.